The topological polar surface area (TPSA) is 80.9 Å². The quantitative estimate of drug-likeness (QED) is 0.596. The van der Waals surface area contributed by atoms with E-state index < -0.39 is 18.8 Å². The molecule has 0 saturated carbocycles. The van der Waals surface area contributed by atoms with E-state index in [-0.39, 0.29) is 11.1 Å². The van der Waals surface area contributed by atoms with Crippen molar-refractivity contribution < 1.29 is 19.8 Å². The fourth-order valence-electron chi connectivity index (χ4n) is 2.17. The molecule has 5 heteroatoms. The summed E-state index contributed by atoms with van der Waals surface area (Å²) < 4.78 is 0. The van der Waals surface area contributed by atoms with Crippen molar-refractivity contribution in [2.24, 2.45) is 0 Å². The number of rotatable bonds is 1. The van der Waals surface area contributed by atoms with Crippen LogP contribution >= 0.6 is 7.94 Å². The van der Waals surface area contributed by atoms with Crippen molar-refractivity contribution in [2.45, 2.75) is 52.4 Å². The van der Waals surface area contributed by atoms with Crippen molar-refractivity contribution in [3.05, 3.63) is 23.3 Å². The molecule has 1 rings (SSSR count). The first-order valence-corrected chi connectivity index (χ1v) is 8.14. The molecule has 0 amide bonds. The van der Waals surface area contributed by atoms with E-state index in [1.807, 2.05) is 41.5 Å². The van der Waals surface area contributed by atoms with Crippen molar-refractivity contribution in [1.29, 1.82) is 0 Å². The third kappa shape index (κ3) is 3.67. The second kappa shape index (κ2) is 4.71. The van der Waals surface area contributed by atoms with Crippen LogP contribution in [-0.4, -0.2) is 19.8 Å². The molecule has 1 aromatic carbocycles. The van der Waals surface area contributed by atoms with Crippen LogP contribution in [0, 0.1) is 0 Å². The van der Waals surface area contributed by atoms with E-state index in [2.05, 4.69) is 0 Å². The zero-order valence-electron chi connectivity index (χ0n) is 12.4. The predicted molar refractivity (Wildman–Crippen MR) is 80.1 cm³/mol. The van der Waals surface area contributed by atoms with Gasteiger partial charge in [0.25, 0.3) is 0 Å². The Balaban J connectivity index is 3.80. The van der Waals surface area contributed by atoms with E-state index in [4.69, 9.17) is 0 Å². The van der Waals surface area contributed by atoms with Crippen LogP contribution in [0.4, 0.5) is 0 Å². The molecule has 1 aromatic rings. The Bertz CT molecular complexity index is 441. The molecule has 0 spiro atoms. The number of benzene rings is 1. The normalized spacial score (nSPS) is 14.6. The first-order valence-electron chi connectivity index (χ1n) is 6.30. The molecule has 0 aliphatic heterocycles. The van der Waals surface area contributed by atoms with Gasteiger partial charge in [0.05, 0.1) is 0 Å². The van der Waals surface area contributed by atoms with Gasteiger partial charge < -0.3 is 0 Å². The Morgan fingerprint density at radius 2 is 1.11 bits per heavy atom. The Morgan fingerprint density at radius 3 is 1.32 bits per heavy atom. The molecule has 4 nitrogen and oxygen atoms in total. The molecule has 0 fully saturated rings. The molecule has 4 N–H and O–H groups in total. The van der Waals surface area contributed by atoms with Gasteiger partial charge >= 0.3 is 114 Å². The van der Waals surface area contributed by atoms with Gasteiger partial charge in [0.2, 0.25) is 0 Å². The van der Waals surface area contributed by atoms with Gasteiger partial charge in [-0.15, -0.1) is 0 Å². The van der Waals surface area contributed by atoms with Crippen LogP contribution in [-0.2, 0) is 10.8 Å². The molecular formula is C14H25O4P. The van der Waals surface area contributed by atoms with Gasteiger partial charge in [-0.25, -0.2) is 0 Å². The van der Waals surface area contributed by atoms with E-state index in [1.165, 1.54) is 12.1 Å². The van der Waals surface area contributed by atoms with Gasteiger partial charge in [-0.2, -0.15) is 0 Å². The Labute approximate surface area is 115 Å². The van der Waals surface area contributed by atoms with E-state index >= 15 is 0 Å². The van der Waals surface area contributed by atoms with E-state index in [0.29, 0.717) is 11.1 Å². The van der Waals surface area contributed by atoms with Crippen molar-refractivity contribution in [2.75, 3.05) is 0 Å². The Morgan fingerprint density at radius 1 is 0.789 bits per heavy atom. The molecule has 0 radical (unpaired) electrons. The first-order chi connectivity index (χ1) is 8.24. The molecule has 0 bridgehead atoms. The van der Waals surface area contributed by atoms with Crippen LogP contribution in [0.25, 0.3) is 0 Å². The number of hydrogen-bond acceptors (Lipinski definition) is 4. The Kier molecular flexibility index (Phi) is 4.06. The Hall–Kier alpha value is -0.670. The summed E-state index contributed by atoms with van der Waals surface area (Å²) in [4.78, 5) is 29.5. The zero-order valence-corrected chi connectivity index (χ0v) is 13.4. The van der Waals surface area contributed by atoms with Crippen LogP contribution in [0.2, 0.25) is 0 Å². The van der Waals surface area contributed by atoms with Gasteiger partial charge in [0, 0.05) is 0 Å². The second-order valence-corrected chi connectivity index (χ2v) is 8.82. The van der Waals surface area contributed by atoms with Gasteiger partial charge in [-0.3, -0.25) is 0 Å². The summed E-state index contributed by atoms with van der Waals surface area (Å²) in [7, 11) is -4.48. The molecule has 0 aromatic heterocycles. The minimum atomic E-state index is -4.48. The predicted octanol–water partition coefficient (Wildman–Crippen LogP) is 2.08. The summed E-state index contributed by atoms with van der Waals surface area (Å²) in [6.07, 6.45) is 0. The summed E-state index contributed by atoms with van der Waals surface area (Å²) in [5, 5.41) is 10.1. The van der Waals surface area contributed by atoms with Crippen LogP contribution in [0.3, 0.4) is 0 Å². The van der Waals surface area contributed by atoms with E-state index in [9.17, 15) is 19.8 Å². The fourth-order valence-corrected chi connectivity index (χ4v) is 3.79. The molecule has 0 aliphatic carbocycles. The van der Waals surface area contributed by atoms with Gasteiger partial charge in [0.15, 0.2) is 0 Å². The number of hydrogen-bond donors (Lipinski definition) is 4. The monoisotopic (exact) mass is 288 g/mol. The minimum absolute atomic E-state index is 0.0665. The van der Waals surface area contributed by atoms with Crippen LogP contribution in [0.5, 0.6) is 5.75 Å². The number of phenols is 1. The maximum atomic E-state index is 9.88. The summed E-state index contributed by atoms with van der Waals surface area (Å²) >= 11 is 0. The SMILES string of the molecule is CC(C)(C)c1cc(O)cc(C(C)(C)C)c1[PH](O)(O)O. The van der Waals surface area contributed by atoms with Crippen LogP contribution in [0.1, 0.15) is 52.7 Å². The number of phenolic OH excluding ortho intramolecular Hbond substituents is 1. The van der Waals surface area contributed by atoms with E-state index in [0.717, 1.165) is 0 Å². The van der Waals surface area contributed by atoms with Gasteiger partial charge in [-0.1, -0.05) is 0 Å². The second-order valence-electron chi connectivity index (χ2n) is 7.05. The van der Waals surface area contributed by atoms with Crippen molar-refractivity contribution in [3.8, 4) is 5.75 Å². The molecule has 0 unspecified atom stereocenters. The third-order valence-electron chi connectivity index (χ3n) is 3.07. The van der Waals surface area contributed by atoms with Gasteiger partial charge in [-0.05, 0) is 0 Å². The molecule has 110 valence electrons. The van der Waals surface area contributed by atoms with Crippen LogP contribution in [0.15, 0.2) is 12.1 Å². The van der Waals surface area contributed by atoms with Crippen LogP contribution < -0.4 is 5.30 Å². The molecule has 0 atom stereocenters. The molecule has 0 saturated heterocycles. The third-order valence-corrected chi connectivity index (χ3v) is 4.28. The molecule has 0 heterocycles. The van der Waals surface area contributed by atoms with Gasteiger partial charge in [0.1, 0.15) is 0 Å². The first kappa shape index (κ1) is 16.4. The average molecular weight is 288 g/mol. The fraction of sp³-hybridized carbons (Fsp3) is 0.571. The van der Waals surface area contributed by atoms with Crippen molar-refractivity contribution in [1.82, 2.24) is 0 Å². The molecule has 19 heavy (non-hydrogen) atoms. The van der Waals surface area contributed by atoms with Crippen molar-refractivity contribution in [3.63, 3.8) is 0 Å². The van der Waals surface area contributed by atoms with Crippen molar-refractivity contribution >= 4 is 13.2 Å². The summed E-state index contributed by atoms with van der Waals surface area (Å²) in [6, 6.07) is 2.99. The summed E-state index contributed by atoms with van der Waals surface area (Å²) in [5.74, 6) is 0.0665. The zero-order chi connectivity index (χ0) is 15.2. The molecule has 0 aliphatic rings. The average Bonchev–Trinajstić information content (AvgIpc) is 2.11. The van der Waals surface area contributed by atoms with E-state index in [1.54, 1.807) is 0 Å². The maximum absolute atomic E-state index is 9.88. The summed E-state index contributed by atoms with van der Waals surface area (Å²) in [5.41, 5.74) is 0.300. The number of aromatic hydroxyl groups is 1. The summed E-state index contributed by atoms with van der Waals surface area (Å²) in [6.45, 7) is 11.4. The molecular weight excluding hydrogens is 263 g/mol. The standard InChI is InChI=1S/C14H25O4P/c1-13(2,3)10-7-9(15)8-11(14(4,5)6)12(10)19(16,17)18/h7-8,15-19H,1-6H3.